The standard InChI is InChI=1S/C11H11N3O2/c12-10(11(15)16)8-2-4-9(5-3-8)14-7-1-6-13-14/h1-7,10H,12H2,(H,15,16)/t10-/m1/s1. The first-order valence-corrected chi connectivity index (χ1v) is 4.77. The molecule has 82 valence electrons. The lowest BCUT2D eigenvalue weighted by molar-refractivity contribution is -0.138. The molecule has 0 aliphatic rings. The molecule has 5 nitrogen and oxygen atoms in total. The molecule has 2 aromatic rings. The van der Waals surface area contributed by atoms with Crippen molar-refractivity contribution in [2.45, 2.75) is 6.04 Å². The number of carboxylic acids is 1. The number of nitrogens with two attached hydrogens (primary N) is 1. The number of carbonyl (C=O) groups is 1. The summed E-state index contributed by atoms with van der Waals surface area (Å²) in [5.41, 5.74) is 6.92. The van der Waals surface area contributed by atoms with E-state index < -0.39 is 12.0 Å². The maximum absolute atomic E-state index is 10.7. The normalized spacial score (nSPS) is 12.3. The van der Waals surface area contributed by atoms with Gasteiger partial charge in [-0.25, -0.2) is 4.68 Å². The fourth-order valence-electron chi connectivity index (χ4n) is 1.40. The number of rotatable bonds is 3. The number of aromatic nitrogens is 2. The largest absolute Gasteiger partial charge is 0.480 e. The van der Waals surface area contributed by atoms with Gasteiger partial charge in [0.2, 0.25) is 0 Å². The predicted octanol–water partition coefficient (Wildman–Crippen LogP) is 0.957. The van der Waals surface area contributed by atoms with Gasteiger partial charge in [0, 0.05) is 12.4 Å². The zero-order valence-electron chi connectivity index (χ0n) is 8.45. The summed E-state index contributed by atoms with van der Waals surface area (Å²) in [6.45, 7) is 0. The van der Waals surface area contributed by atoms with E-state index in [2.05, 4.69) is 5.10 Å². The fourth-order valence-corrected chi connectivity index (χ4v) is 1.40. The van der Waals surface area contributed by atoms with E-state index >= 15 is 0 Å². The molecule has 0 saturated heterocycles. The van der Waals surface area contributed by atoms with Crippen molar-refractivity contribution >= 4 is 5.97 Å². The highest BCUT2D eigenvalue weighted by molar-refractivity contribution is 5.75. The van der Waals surface area contributed by atoms with Crippen molar-refractivity contribution in [3.05, 3.63) is 48.3 Å². The van der Waals surface area contributed by atoms with Crippen LogP contribution in [0.4, 0.5) is 0 Å². The number of hydrogen-bond donors (Lipinski definition) is 2. The lowest BCUT2D eigenvalue weighted by Gasteiger charge is -2.07. The molecule has 3 N–H and O–H groups in total. The molecule has 0 spiro atoms. The summed E-state index contributed by atoms with van der Waals surface area (Å²) in [7, 11) is 0. The van der Waals surface area contributed by atoms with E-state index in [-0.39, 0.29) is 0 Å². The quantitative estimate of drug-likeness (QED) is 0.802. The Morgan fingerprint density at radius 2 is 2.06 bits per heavy atom. The van der Waals surface area contributed by atoms with Crippen molar-refractivity contribution in [2.24, 2.45) is 5.73 Å². The molecule has 2 rings (SSSR count). The maximum Gasteiger partial charge on any atom is 0.325 e. The third-order valence-electron chi connectivity index (χ3n) is 2.29. The summed E-state index contributed by atoms with van der Waals surface area (Å²) in [5, 5.41) is 12.8. The zero-order chi connectivity index (χ0) is 11.5. The number of carboxylic acid groups (broad SMARTS) is 1. The first kappa shape index (κ1) is 10.4. The second-order valence-corrected chi connectivity index (χ2v) is 3.36. The lowest BCUT2D eigenvalue weighted by atomic mass is 10.1. The Balaban J connectivity index is 2.26. The van der Waals surface area contributed by atoms with Gasteiger partial charge in [-0.05, 0) is 23.8 Å². The third kappa shape index (κ3) is 1.94. The monoisotopic (exact) mass is 217 g/mol. The lowest BCUT2D eigenvalue weighted by Crippen LogP contribution is -2.20. The van der Waals surface area contributed by atoms with Crippen LogP contribution in [0, 0.1) is 0 Å². The van der Waals surface area contributed by atoms with Crippen LogP contribution in [-0.4, -0.2) is 20.9 Å². The minimum Gasteiger partial charge on any atom is -0.480 e. The molecule has 0 amide bonds. The number of benzene rings is 1. The van der Waals surface area contributed by atoms with E-state index in [1.165, 1.54) is 0 Å². The highest BCUT2D eigenvalue weighted by atomic mass is 16.4. The molecule has 0 bridgehead atoms. The van der Waals surface area contributed by atoms with Crippen LogP contribution in [-0.2, 0) is 4.79 Å². The Bertz CT molecular complexity index is 476. The third-order valence-corrected chi connectivity index (χ3v) is 2.29. The van der Waals surface area contributed by atoms with Gasteiger partial charge in [0.05, 0.1) is 5.69 Å². The maximum atomic E-state index is 10.7. The molecule has 1 aromatic heterocycles. The Hall–Kier alpha value is -2.14. The van der Waals surface area contributed by atoms with Crippen LogP contribution in [0.1, 0.15) is 11.6 Å². The van der Waals surface area contributed by atoms with E-state index in [1.807, 2.05) is 12.3 Å². The molecule has 0 aliphatic carbocycles. The number of nitrogens with zero attached hydrogens (tertiary/aromatic N) is 2. The molecule has 0 aliphatic heterocycles. The number of aliphatic carboxylic acids is 1. The van der Waals surface area contributed by atoms with Crippen molar-refractivity contribution in [1.82, 2.24) is 9.78 Å². The molecule has 16 heavy (non-hydrogen) atoms. The molecular formula is C11H11N3O2. The Kier molecular flexibility index (Phi) is 2.70. The summed E-state index contributed by atoms with van der Waals surface area (Å²) >= 11 is 0. The molecule has 1 atom stereocenters. The van der Waals surface area contributed by atoms with Gasteiger partial charge in [-0.3, -0.25) is 4.79 Å². The fraction of sp³-hybridized carbons (Fsp3) is 0.0909. The van der Waals surface area contributed by atoms with Crippen LogP contribution in [0.15, 0.2) is 42.7 Å². The average Bonchev–Trinajstić information content (AvgIpc) is 2.81. The van der Waals surface area contributed by atoms with Crippen molar-refractivity contribution < 1.29 is 9.90 Å². The van der Waals surface area contributed by atoms with E-state index in [0.29, 0.717) is 5.56 Å². The molecule has 0 unspecified atom stereocenters. The van der Waals surface area contributed by atoms with Gasteiger partial charge in [-0.15, -0.1) is 0 Å². The Labute approximate surface area is 92.1 Å². The second kappa shape index (κ2) is 4.16. The highest BCUT2D eigenvalue weighted by Crippen LogP contribution is 2.13. The molecule has 1 heterocycles. The summed E-state index contributed by atoms with van der Waals surface area (Å²) in [6.07, 6.45) is 3.49. The van der Waals surface area contributed by atoms with Crippen LogP contribution in [0.5, 0.6) is 0 Å². The minimum atomic E-state index is -1.04. The van der Waals surface area contributed by atoms with Gasteiger partial charge in [-0.1, -0.05) is 12.1 Å². The summed E-state index contributed by atoms with van der Waals surface area (Å²) in [6, 6.07) is 7.78. The number of hydrogen-bond acceptors (Lipinski definition) is 3. The van der Waals surface area contributed by atoms with Crippen LogP contribution >= 0.6 is 0 Å². The van der Waals surface area contributed by atoms with Gasteiger partial charge in [0.25, 0.3) is 0 Å². The van der Waals surface area contributed by atoms with Gasteiger partial charge < -0.3 is 10.8 Å². The second-order valence-electron chi connectivity index (χ2n) is 3.36. The van der Waals surface area contributed by atoms with E-state index in [1.54, 1.807) is 35.1 Å². The Morgan fingerprint density at radius 3 is 2.56 bits per heavy atom. The van der Waals surface area contributed by atoms with Crippen LogP contribution < -0.4 is 5.73 Å². The topological polar surface area (TPSA) is 81.1 Å². The van der Waals surface area contributed by atoms with Gasteiger partial charge >= 0.3 is 5.97 Å². The molecule has 0 fully saturated rings. The average molecular weight is 217 g/mol. The van der Waals surface area contributed by atoms with Crippen LogP contribution in [0.2, 0.25) is 0 Å². The van der Waals surface area contributed by atoms with Gasteiger partial charge in [-0.2, -0.15) is 5.10 Å². The smallest absolute Gasteiger partial charge is 0.325 e. The SMILES string of the molecule is N[C@@H](C(=O)O)c1ccc(-n2cccn2)cc1. The summed E-state index contributed by atoms with van der Waals surface area (Å²) in [5.74, 6) is -1.04. The molecule has 0 saturated carbocycles. The molecule has 0 radical (unpaired) electrons. The predicted molar refractivity (Wildman–Crippen MR) is 58.1 cm³/mol. The zero-order valence-corrected chi connectivity index (χ0v) is 8.45. The minimum absolute atomic E-state index is 0.573. The van der Waals surface area contributed by atoms with E-state index in [0.717, 1.165) is 5.69 Å². The van der Waals surface area contributed by atoms with E-state index in [9.17, 15) is 4.79 Å². The molecule has 1 aromatic carbocycles. The first-order valence-electron chi connectivity index (χ1n) is 4.77. The Morgan fingerprint density at radius 1 is 1.38 bits per heavy atom. The van der Waals surface area contributed by atoms with Gasteiger partial charge in [0.15, 0.2) is 0 Å². The van der Waals surface area contributed by atoms with Crippen molar-refractivity contribution in [3.8, 4) is 5.69 Å². The molecular weight excluding hydrogens is 206 g/mol. The van der Waals surface area contributed by atoms with Crippen LogP contribution in [0.3, 0.4) is 0 Å². The van der Waals surface area contributed by atoms with Crippen molar-refractivity contribution in [3.63, 3.8) is 0 Å². The van der Waals surface area contributed by atoms with Crippen LogP contribution in [0.25, 0.3) is 5.69 Å². The summed E-state index contributed by atoms with van der Waals surface area (Å²) < 4.78 is 1.69. The van der Waals surface area contributed by atoms with Gasteiger partial charge in [0.1, 0.15) is 6.04 Å². The van der Waals surface area contributed by atoms with Crippen molar-refractivity contribution in [1.29, 1.82) is 0 Å². The molecule has 5 heteroatoms. The highest BCUT2D eigenvalue weighted by Gasteiger charge is 2.13. The van der Waals surface area contributed by atoms with E-state index in [4.69, 9.17) is 10.8 Å². The first-order chi connectivity index (χ1) is 7.68. The van der Waals surface area contributed by atoms with Crippen molar-refractivity contribution in [2.75, 3.05) is 0 Å². The summed E-state index contributed by atoms with van der Waals surface area (Å²) in [4.78, 5) is 10.7.